The molecule has 0 spiro atoms. The first-order chi connectivity index (χ1) is 10.2. The molecule has 2 heterocycles. The van der Waals surface area contributed by atoms with E-state index >= 15 is 0 Å². The van der Waals surface area contributed by atoms with Gasteiger partial charge < -0.3 is 14.6 Å². The van der Waals surface area contributed by atoms with Crippen LogP contribution in [0.1, 0.15) is 37.4 Å². The third-order valence-electron chi connectivity index (χ3n) is 3.91. The van der Waals surface area contributed by atoms with Crippen LogP contribution in [0, 0.1) is 0 Å². The fourth-order valence-corrected chi connectivity index (χ4v) is 2.76. The summed E-state index contributed by atoms with van der Waals surface area (Å²) in [7, 11) is 0. The molecule has 1 aromatic carbocycles. The lowest BCUT2D eigenvalue weighted by Crippen LogP contribution is -2.33. The van der Waals surface area contributed by atoms with Crippen LogP contribution in [0.5, 0.6) is 5.75 Å². The Balaban J connectivity index is 1.63. The fraction of sp³-hybridized carbons (Fsp3) is 0.353. The molecule has 110 valence electrons. The number of carbonyl (C=O) groups is 1. The summed E-state index contributed by atoms with van der Waals surface area (Å²) in [6.07, 6.45) is 5.28. The Bertz CT molecular complexity index is 607. The van der Waals surface area contributed by atoms with Crippen molar-refractivity contribution in [2.24, 2.45) is 0 Å². The number of hydrogen-bond acceptors (Lipinski definition) is 2. The number of aromatic nitrogens is 1. The van der Waals surface area contributed by atoms with Gasteiger partial charge in [-0.1, -0.05) is 18.2 Å². The van der Waals surface area contributed by atoms with Gasteiger partial charge in [0.15, 0.2) is 0 Å². The largest absolute Gasteiger partial charge is 0.493 e. The molecule has 1 aliphatic rings. The average Bonchev–Trinajstić information content (AvgIpc) is 3.02. The highest BCUT2D eigenvalue weighted by molar-refractivity contribution is 5.77. The SMILES string of the molecule is C[C@H](CC(=O)N[C@@H]1CCOc2ccccc21)n1cccc1. The monoisotopic (exact) mass is 284 g/mol. The summed E-state index contributed by atoms with van der Waals surface area (Å²) in [6, 6.07) is 12.1. The molecule has 4 nitrogen and oxygen atoms in total. The first-order valence-corrected chi connectivity index (χ1v) is 7.37. The third-order valence-corrected chi connectivity index (χ3v) is 3.91. The number of amides is 1. The smallest absolute Gasteiger partial charge is 0.222 e. The molecule has 1 aliphatic heterocycles. The van der Waals surface area contributed by atoms with Crippen LogP contribution in [0.15, 0.2) is 48.8 Å². The van der Waals surface area contributed by atoms with Gasteiger partial charge in [-0.05, 0) is 25.1 Å². The van der Waals surface area contributed by atoms with Crippen molar-refractivity contribution < 1.29 is 9.53 Å². The summed E-state index contributed by atoms with van der Waals surface area (Å²) < 4.78 is 7.67. The van der Waals surface area contributed by atoms with E-state index in [1.54, 1.807) is 0 Å². The third kappa shape index (κ3) is 3.10. The van der Waals surface area contributed by atoms with E-state index in [1.807, 2.05) is 48.8 Å². The second-order valence-corrected chi connectivity index (χ2v) is 5.48. The molecule has 1 amide bonds. The Labute approximate surface area is 124 Å². The molecule has 0 saturated heterocycles. The summed E-state index contributed by atoms with van der Waals surface area (Å²) >= 11 is 0. The number of nitrogens with one attached hydrogen (secondary N) is 1. The van der Waals surface area contributed by atoms with Crippen LogP contribution in [0.3, 0.4) is 0 Å². The molecule has 2 aromatic rings. The van der Waals surface area contributed by atoms with Crippen LogP contribution in [0.4, 0.5) is 0 Å². The topological polar surface area (TPSA) is 43.3 Å². The Morgan fingerprint density at radius 3 is 2.90 bits per heavy atom. The summed E-state index contributed by atoms with van der Waals surface area (Å²) in [5.41, 5.74) is 1.07. The molecule has 0 fully saturated rings. The number of ether oxygens (including phenoxy) is 1. The standard InChI is InChI=1S/C17H20N2O2/c1-13(19-9-4-5-10-19)12-17(20)18-15-8-11-21-16-7-3-2-6-14(15)16/h2-7,9-10,13,15H,8,11-12H2,1H3,(H,18,20)/t13-,15-/m1/s1. The van der Waals surface area contributed by atoms with E-state index in [0.29, 0.717) is 13.0 Å². The molecule has 21 heavy (non-hydrogen) atoms. The van der Waals surface area contributed by atoms with Crippen LogP contribution >= 0.6 is 0 Å². The Hall–Kier alpha value is -2.23. The van der Waals surface area contributed by atoms with Crippen molar-refractivity contribution in [1.29, 1.82) is 0 Å². The van der Waals surface area contributed by atoms with Gasteiger partial charge in [-0.15, -0.1) is 0 Å². The van der Waals surface area contributed by atoms with E-state index in [0.717, 1.165) is 17.7 Å². The van der Waals surface area contributed by atoms with Gasteiger partial charge in [0, 0.05) is 36.8 Å². The molecule has 0 bridgehead atoms. The van der Waals surface area contributed by atoms with Crippen molar-refractivity contribution in [2.45, 2.75) is 31.8 Å². The van der Waals surface area contributed by atoms with Crippen molar-refractivity contribution >= 4 is 5.91 Å². The highest BCUT2D eigenvalue weighted by atomic mass is 16.5. The van der Waals surface area contributed by atoms with Crippen LogP contribution in [-0.2, 0) is 4.79 Å². The van der Waals surface area contributed by atoms with E-state index in [1.165, 1.54) is 0 Å². The molecule has 1 aromatic heterocycles. The van der Waals surface area contributed by atoms with Crippen molar-refractivity contribution in [3.05, 3.63) is 54.4 Å². The number of nitrogens with zero attached hydrogens (tertiary/aromatic N) is 1. The number of benzene rings is 1. The van der Waals surface area contributed by atoms with Gasteiger partial charge in [0.05, 0.1) is 12.6 Å². The lowest BCUT2D eigenvalue weighted by molar-refractivity contribution is -0.122. The first-order valence-electron chi connectivity index (χ1n) is 7.37. The van der Waals surface area contributed by atoms with E-state index in [-0.39, 0.29) is 18.0 Å². The Kier molecular flexibility index (Phi) is 3.95. The zero-order valence-electron chi connectivity index (χ0n) is 12.2. The molecule has 1 N–H and O–H groups in total. The lowest BCUT2D eigenvalue weighted by atomic mass is 10.0. The number of para-hydroxylation sites is 1. The summed E-state index contributed by atoms with van der Waals surface area (Å²) in [4.78, 5) is 12.3. The summed E-state index contributed by atoms with van der Waals surface area (Å²) in [6.45, 7) is 2.70. The van der Waals surface area contributed by atoms with Gasteiger partial charge in [0.2, 0.25) is 5.91 Å². The summed E-state index contributed by atoms with van der Waals surface area (Å²) in [5, 5.41) is 3.14. The minimum atomic E-state index is 0.0549. The minimum absolute atomic E-state index is 0.0549. The number of carbonyl (C=O) groups excluding carboxylic acids is 1. The van der Waals surface area contributed by atoms with E-state index < -0.39 is 0 Å². The van der Waals surface area contributed by atoms with Crippen LogP contribution in [-0.4, -0.2) is 17.1 Å². The van der Waals surface area contributed by atoms with Gasteiger partial charge in [-0.2, -0.15) is 0 Å². The van der Waals surface area contributed by atoms with Crippen LogP contribution in [0.25, 0.3) is 0 Å². The molecular weight excluding hydrogens is 264 g/mol. The number of hydrogen-bond donors (Lipinski definition) is 1. The maximum Gasteiger partial charge on any atom is 0.222 e. The van der Waals surface area contributed by atoms with Crippen molar-refractivity contribution in [3.8, 4) is 5.75 Å². The van der Waals surface area contributed by atoms with E-state index in [4.69, 9.17) is 4.74 Å². The van der Waals surface area contributed by atoms with Crippen LogP contribution in [0.2, 0.25) is 0 Å². The normalized spacial score (nSPS) is 18.4. The maximum atomic E-state index is 12.3. The molecule has 2 atom stereocenters. The minimum Gasteiger partial charge on any atom is -0.493 e. The predicted octanol–water partition coefficient (Wildman–Crippen LogP) is 3.08. The molecular formula is C17H20N2O2. The van der Waals surface area contributed by atoms with Gasteiger partial charge >= 0.3 is 0 Å². The van der Waals surface area contributed by atoms with Gasteiger partial charge in [-0.25, -0.2) is 0 Å². The molecule has 4 heteroatoms. The van der Waals surface area contributed by atoms with Crippen molar-refractivity contribution in [1.82, 2.24) is 9.88 Å². The quantitative estimate of drug-likeness (QED) is 0.937. The number of fused-ring (bicyclic) bond motifs is 1. The first kappa shape index (κ1) is 13.7. The zero-order valence-corrected chi connectivity index (χ0v) is 12.2. The molecule has 0 unspecified atom stereocenters. The van der Waals surface area contributed by atoms with Gasteiger partial charge in [0.25, 0.3) is 0 Å². The maximum absolute atomic E-state index is 12.3. The highest BCUT2D eigenvalue weighted by Crippen LogP contribution is 2.31. The average molecular weight is 284 g/mol. The Morgan fingerprint density at radius 2 is 2.10 bits per heavy atom. The zero-order chi connectivity index (χ0) is 14.7. The predicted molar refractivity (Wildman–Crippen MR) is 81.2 cm³/mol. The number of rotatable bonds is 4. The second-order valence-electron chi connectivity index (χ2n) is 5.48. The Morgan fingerprint density at radius 1 is 1.33 bits per heavy atom. The van der Waals surface area contributed by atoms with Crippen molar-refractivity contribution in [2.75, 3.05) is 6.61 Å². The lowest BCUT2D eigenvalue weighted by Gasteiger charge is -2.27. The summed E-state index contributed by atoms with van der Waals surface area (Å²) in [5.74, 6) is 0.963. The highest BCUT2D eigenvalue weighted by Gasteiger charge is 2.23. The van der Waals surface area contributed by atoms with E-state index in [9.17, 15) is 4.79 Å². The molecule has 3 rings (SSSR count). The second kappa shape index (κ2) is 6.04. The van der Waals surface area contributed by atoms with Crippen molar-refractivity contribution in [3.63, 3.8) is 0 Å². The molecule has 0 radical (unpaired) electrons. The van der Waals surface area contributed by atoms with Crippen LogP contribution < -0.4 is 10.1 Å². The fourth-order valence-electron chi connectivity index (χ4n) is 2.76. The van der Waals surface area contributed by atoms with E-state index in [2.05, 4.69) is 16.8 Å². The molecule has 0 aliphatic carbocycles. The molecule has 0 saturated carbocycles. The van der Waals surface area contributed by atoms with Gasteiger partial charge in [-0.3, -0.25) is 4.79 Å². The van der Waals surface area contributed by atoms with Gasteiger partial charge in [0.1, 0.15) is 5.75 Å².